The number of nitrogens with one attached hydrogen (secondary N) is 1. The molecule has 0 saturated heterocycles. The predicted octanol–water partition coefficient (Wildman–Crippen LogP) is 3.99. The molecule has 0 unspecified atom stereocenters. The number of para-hydroxylation sites is 1. The van der Waals surface area contributed by atoms with Crippen molar-refractivity contribution < 1.29 is 9.53 Å². The molecule has 0 fully saturated rings. The molecular formula is C22H23N3O2. The fourth-order valence-electron chi connectivity index (χ4n) is 2.75. The molecule has 0 aliphatic carbocycles. The average molecular weight is 361 g/mol. The van der Waals surface area contributed by atoms with E-state index in [1.54, 1.807) is 30.3 Å². The zero-order chi connectivity index (χ0) is 18.9. The van der Waals surface area contributed by atoms with Crippen molar-refractivity contribution in [1.29, 1.82) is 0 Å². The summed E-state index contributed by atoms with van der Waals surface area (Å²) in [4.78, 5) is 19.3. The van der Waals surface area contributed by atoms with E-state index in [2.05, 4.69) is 10.3 Å². The third-order valence-corrected chi connectivity index (χ3v) is 4.12. The van der Waals surface area contributed by atoms with Gasteiger partial charge in [-0.3, -0.25) is 4.79 Å². The standard InChI is InChI=1S/C22H23N3O2/c1-27-15-14-24-21-16-19(12-13-23-21)22(26)25(20-10-6-3-7-11-20)17-18-8-4-2-5-9-18/h2-13,16H,14-15,17H2,1H3,(H,23,24). The van der Waals surface area contributed by atoms with Gasteiger partial charge < -0.3 is 15.0 Å². The minimum atomic E-state index is -0.0674. The Balaban J connectivity index is 1.85. The van der Waals surface area contributed by atoms with Crippen LogP contribution in [-0.2, 0) is 11.3 Å². The van der Waals surface area contributed by atoms with Crippen molar-refractivity contribution in [2.75, 3.05) is 30.5 Å². The maximum atomic E-state index is 13.3. The lowest BCUT2D eigenvalue weighted by atomic mass is 10.1. The average Bonchev–Trinajstić information content (AvgIpc) is 2.73. The molecule has 0 atom stereocenters. The number of aromatic nitrogens is 1. The molecule has 1 amide bonds. The van der Waals surface area contributed by atoms with E-state index in [1.165, 1.54) is 0 Å². The number of nitrogens with zero attached hydrogens (tertiary/aromatic N) is 2. The summed E-state index contributed by atoms with van der Waals surface area (Å²) < 4.78 is 5.04. The number of hydrogen-bond acceptors (Lipinski definition) is 4. The molecular weight excluding hydrogens is 338 g/mol. The zero-order valence-corrected chi connectivity index (χ0v) is 15.3. The van der Waals surface area contributed by atoms with Crippen LogP contribution in [0.1, 0.15) is 15.9 Å². The van der Waals surface area contributed by atoms with Crippen LogP contribution in [0.3, 0.4) is 0 Å². The number of pyridine rings is 1. The van der Waals surface area contributed by atoms with Gasteiger partial charge in [-0.2, -0.15) is 0 Å². The number of benzene rings is 2. The summed E-state index contributed by atoms with van der Waals surface area (Å²) in [6.07, 6.45) is 1.65. The summed E-state index contributed by atoms with van der Waals surface area (Å²) in [7, 11) is 1.65. The molecule has 5 nitrogen and oxygen atoms in total. The SMILES string of the molecule is COCCNc1cc(C(=O)N(Cc2ccccc2)c2ccccc2)ccn1. The van der Waals surface area contributed by atoms with E-state index in [4.69, 9.17) is 4.74 Å². The Labute approximate surface area is 159 Å². The molecule has 0 radical (unpaired) electrons. The maximum absolute atomic E-state index is 13.3. The number of amides is 1. The Kier molecular flexibility index (Phi) is 6.55. The number of rotatable bonds is 8. The van der Waals surface area contributed by atoms with Gasteiger partial charge in [0.1, 0.15) is 5.82 Å². The normalized spacial score (nSPS) is 10.4. The van der Waals surface area contributed by atoms with E-state index >= 15 is 0 Å². The van der Waals surface area contributed by atoms with Crippen LogP contribution in [0.25, 0.3) is 0 Å². The number of methoxy groups -OCH3 is 1. The second kappa shape index (κ2) is 9.50. The van der Waals surface area contributed by atoms with E-state index in [9.17, 15) is 4.79 Å². The third kappa shape index (κ3) is 5.15. The number of ether oxygens (including phenoxy) is 1. The number of carbonyl (C=O) groups is 1. The van der Waals surface area contributed by atoms with Gasteiger partial charge in [-0.15, -0.1) is 0 Å². The highest BCUT2D eigenvalue weighted by Gasteiger charge is 2.18. The van der Waals surface area contributed by atoms with Crippen molar-refractivity contribution in [3.63, 3.8) is 0 Å². The molecule has 1 aromatic heterocycles. The monoisotopic (exact) mass is 361 g/mol. The summed E-state index contributed by atoms with van der Waals surface area (Å²) in [6.45, 7) is 1.70. The van der Waals surface area contributed by atoms with Crippen LogP contribution in [0, 0.1) is 0 Å². The van der Waals surface area contributed by atoms with Gasteiger partial charge in [0.2, 0.25) is 0 Å². The Morgan fingerprint density at radius 2 is 1.74 bits per heavy atom. The van der Waals surface area contributed by atoms with Crippen LogP contribution in [0.5, 0.6) is 0 Å². The van der Waals surface area contributed by atoms with Crippen LogP contribution in [0.2, 0.25) is 0 Å². The van der Waals surface area contributed by atoms with Gasteiger partial charge in [0.15, 0.2) is 0 Å². The van der Waals surface area contributed by atoms with Gasteiger partial charge in [0.25, 0.3) is 5.91 Å². The van der Waals surface area contributed by atoms with Gasteiger partial charge in [-0.1, -0.05) is 48.5 Å². The van der Waals surface area contributed by atoms with Crippen molar-refractivity contribution >= 4 is 17.4 Å². The van der Waals surface area contributed by atoms with Gasteiger partial charge in [0, 0.05) is 31.1 Å². The lowest BCUT2D eigenvalue weighted by molar-refractivity contribution is 0.0985. The van der Waals surface area contributed by atoms with Crippen LogP contribution < -0.4 is 10.2 Å². The topological polar surface area (TPSA) is 54.5 Å². The lowest BCUT2D eigenvalue weighted by Gasteiger charge is -2.23. The summed E-state index contributed by atoms with van der Waals surface area (Å²) >= 11 is 0. The van der Waals surface area contributed by atoms with E-state index < -0.39 is 0 Å². The van der Waals surface area contributed by atoms with Crippen molar-refractivity contribution in [2.24, 2.45) is 0 Å². The second-order valence-electron chi connectivity index (χ2n) is 6.06. The Morgan fingerprint density at radius 1 is 1.04 bits per heavy atom. The molecule has 0 saturated carbocycles. The largest absolute Gasteiger partial charge is 0.383 e. The first-order valence-electron chi connectivity index (χ1n) is 8.87. The van der Waals surface area contributed by atoms with Gasteiger partial charge in [-0.05, 0) is 29.8 Å². The minimum Gasteiger partial charge on any atom is -0.383 e. The van der Waals surface area contributed by atoms with Crippen LogP contribution >= 0.6 is 0 Å². The molecule has 138 valence electrons. The van der Waals surface area contributed by atoms with E-state index in [0.717, 1.165) is 11.3 Å². The fourth-order valence-corrected chi connectivity index (χ4v) is 2.75. The summed E-state index contributed by atoms with van der Waals surface area (Å²) in [5, 5.41) is 3.16. The molecule has 0 spiro atoms. The molecule has 0 aliphatic rings. The smallest absolute Gasteiger partial charge is 0.258 e. The van der Waals surface area contributed by atoms with Crippen LogP contribution in [-0.4, -0.2) is 31.2 Å². The summed E-state index contributed by atoms with van der Waals surface area (Å²) in [6, 6.07) is 23.2. The highest BCUT2D eigenvalue weighted by atomic mass is 16.5. The number of hydrogen-bond donors (Lipinski definition) is 1. The maximum Gasteiger partial charge on any atom is 0.258 e. The summed E-state index contributed by atoms with van der Waals surface area (Å²) in [5.74, 6) is 0.591. The number of carbonyl (C=O) groups excluding carboxylic acids is 1. The van der Waals surface area contributed by atoms with Crippen molar-refractivity contribution in [3.8, 4) is 0 Å². The Hall–Kier alpha value is -3.18. The van der Waals surface area contributed by atoms with E-state index in [-0.39, 0.29) is 5.91 Å². The molecule has 1 heterocycles. The fraction of sp³-hybridized carbons (Fsp3) is 0.182. The lowest BCUT2D eigenvalue weighted by Crippen LogP contribution is -2.30. The van der Waals surface area contributed by atoms with Gasteiger partial charge in [-0.25, -0.2) is 4.98 Å². The molecule has 3 rings (SSSR count). The molecule has 27 heavy (non-hydrogen) atoms. The van der Waals surface area contributed by atoms with Gasteiger partial charge in [0.05, 0.1) is 13.2 Å². The quantitative estimate of drug-likeness (QED) is 0.617. The predicted molar refractivity (Wildman–Crippen MR) is 108 cm³/mol. The van der Waals surface area contributed by atoms with Gasteiger partial charge >= 0.3 is 0 Å². The molecule has 0 bridgehead atoms. The molecule has 0 aliphatic heterocycles. The Morgan fingerprint density at radius 3 is 2.44 bits per heavy atom. The van der Waals surface area contributed by atoms with Crippen LogP contribution in [0.15, 0.2) is 79.0 Å². The molecule has 5 heteroatoms. The molecule has 3 aromatic rings. The van der Waals surface area contributed by atoms with E-state index in [1.807, 2.05) is 60.7 Å². The minimum absolute atomic E-state index is 0.0674. The molecule has 2 aromatic carbocycles. The zero-order valence-electron chi connectivity index (χ0n) is 15.3. The highest BCUT2D eigenvalue weighted by molar-refractivity contribution is 6.06. The number of anilines is 2. The first-order valence-corrected chi connectivity index (χ1v) is 8.87. The first-order chi connectivity index (χ1) is 13.3. The third-order valence-electron chi connectivity index (χ3n) is 4.12. The van der Waals surface area contributed by atoms with Crippen molar-refractivity contribution in [1.82, 2.24) is 4.98 Å². The first kappa shape index (κ1) is 18.6. The Bertz CT molecular complexity index is 854. The van der Waals surface area contributed by atoms with Crippen molar-refractivity contribution in [2.45, 2.75) is 6.54 Å². The summed E-state index contributed by atoms with van der Waals surface area (Å²) in [5.41, 5.74) is 2.52. The van der Waals surface area contributed by atoms with E-state index in [0.29, 0.717) is 31.1 Å². The highest BCUT2D eigenvalue weighted by Crippen LogP contribution is 2.20. The van der Waals surface area contributed by atoms with Crippen molar-refractivity contribution in [3.05, 3.63) is 90.1 Å². The second-order valence-corrected chi connectivity index (χ2v) is 6.06. The van der Waals surface area contributed by atoms with Crippen LogP contribution in [0.4, 0.5) is 11.5 Å². The molecule has 1 N–H and O–H groups in total.